The highest BCUT2D eigenvalue weighted by Crippen LogP contribution is 2.35. The maximum Gasteiger partial charge on any atom is 0.154 e. The molecule has 1 aromatic carbocycles. The Balaban J connectivity index is 2.61. The second kappa shape index (κ2) is 3.80. The Labute approximate surface area is 91.6 Å². The van der Waals surface area contributed by atoms with E-state index >= 15 is 0 Å². The SMILES string of the molecule is COc1c(-c2cnn(C)n2)ccc(F)c1N. The number of methoxy groups -OCH3 is 1. The minimum Gasteiger partial charge on any atom is -0.494 e. The van der Waals surface area contributed by atoms with Gasteiger partial charge in [-0.2, -0.15) is 15.0 Å². The first kappa shape index (κ1) is 10.4. The van der Waals surface area contributed by atoms with Crippen LogP contribution in [0.3, 0.4) is 0 Å². The Bertz CT molecular complexity index is 524. The molecule has 0 aliphatic heterocycles. The van der Waals surface area contributed by atoms with Gasteiger partial charge in [0.2, 0.25) is 0 Å². The molecule has 0 amide bonds. The maximum absolute atomic E-state index is 13.2. The van der Waals surface area contributed by atoms with Crippen molar-refractivity contribution >= 4 is 5.69 Å². The summed E-state index contributed by atoms with van der Waals surface area (Å²) in [6.45, 7) is 0. The van der Waals surface area contributed by atoms with Gasteiger partial charge in [0.05, 0.1) is 13.3 Å². The number of nitrogens with zero attached hydrogens (tertiary/aromatic N) is 3. The molecule has 84 valence electrons. The zero-order valence-electron chi connectivity index (χ0n) is 8.94. The number of aryl methyl sites for hydroxylation is 1. The molecule has 0 radical (unpaired) electrons. The third kappa shape index (κ3) is 1.58. The van der Waals surface area contributed by atoms with Gasteiger partial charge < -0.3 is 10.5 Å². The molecule has 0 saturated heterocycles. The number of hydrogen-bond acceptors (Lipinski definition) is 4. The predicted octanol–water partition coefficient (Wildman–Crippen LogP) is 1.21. The van der Waals surface area contributed by atoms with Crippen LogP contribution in [0.25, 0.3) is 11.3 Å². The van der Waals surface area contributed by atoms with E-state index in [9.17, 15) is 4.39 Å². The lowest BCUT2D eigenvalue weighted by Crippen LogP contribution is -1.99. The molecule has 2 rings (SSSR count). The third-order valence-electron chi connectivity index (χ3n) is 2.22. The molecular formula is C10H11FN4O. The molecular weight excluding hydrogens is 211 g/mol. The number of nitrogens with two attached hydrogens (primary N) is 1. The summed E-state index contributed by atoms with van der Waals surface area (Å²) in [6, 6.07) is 2.84. The van der Waals surface area contributed by atoms with E-state index in [-0.39, 0.29) is 11.4 Å². The van der Waals surface area contributed by atoms with E-state index in [0.29, 0.717) is 11.3 Å². The standard InChI is InChI=1S/C10H11FN4O/c1-15-13-5-8(14-15)6-3-4-7(11)9(12)10(6)16-2/h3-5H,12H2,1-2H3. The second-order valence-corrected chi connectivity index (χ2v) is 3.26. The summed E-state index contributed by atoms with van der Waals surface area (Å²) in [5.41, 5.74) is 6.77. The van der Waals surface area contributed by atoms with Crippen LogP contribution in [0.2, 0.25) is 0 Å². The average Bonchev–Trinajstić information content (AvgIpc) is 2.68. The molecule has 6 heteroatoms. The van der Waals surface area contributed by atoms with Gasteiger partial charge in [0.25, 0.3) is 0 Å². The highest BCUT2D eigenvalue weighted by Gasteiger charge is 2.15. The topological polar surface area (TPSA) is 66.0 Å². The zero-order chi connectivity index (χ0) is 11.7. The first-order chi connectivity index (χ1) is 7.63. The van der Waals surface area contributed by atoms with Gasteiger partial charge in [0, 0.05) is 12.6 Å². The summed E-state index contributed by atoms with van der Waals surface area (Å²) in [5, 5.41) is 8.04. The van der Waals surface area contributed by atoms with Crippen LogP contribution < -0.4 is 10.5 Å². The Hall–Kier alpha value is -2.11. The lowest BCUT2D eigenvalue weighted by Gasteiger charge is -2.09. The van der Waals surface area contributed by atoms with Crippen molar-refractivity contribution < 1.29 is 9.13 Å². The van der Waals surface area contributed by atoms with E-state index in [4.69, 9.17) is 10.5 Å². The molecule has 2 aromatic rings. The van der Waals surface area contributed by atoms with Crippen LogP contribution in [0.1, 0.15) is 0 Å². The first-order valence-corrected chi connectivity index (χ1v) is 4.62. The van der Waals surface area contributed by atoms with Gasteiger partial charge in [-0.3, -0.25) is 0 Å². The highest BCUT2D eigenvalue weighted by molar-refractivity contribution is 5.74. The van der Waals surface area contributed by atoms with Gasteiger partial charge in [-0.1, -0.05) is 0 Å². The van der Waals surface area contributed by atoms with Gasteiger partial charge in [0.15, 0.2) is 5.75 Å². The van der Waals surface area contributed by atoms with Crippen molar-refractivity contribution in [2.75, 3.05) is 12.8 Å². The first-order valence-electron chi connectivity index (χ1n) is 4.62. The van der Waals surface area contributed by atoms with Crippen LogP contribution in [0.15, 0.2) is 18.3 Å². The van der Waals surface area contributed by atoms with Crippen molar-refractivity contribution in [2.45, 2.75) is 0 Å². The molecule has 0 fully saturated rings. The summed E-state index contributed by atoms with van der Waals surface area (Å²) in [4.78, 5) is 1.41. The monoisotopic (exact) mass is 222 g/mol. The Kier molecular flexibility index (Phi) is 2.47. The third-order valence-corrected chi connectivity index (χ3v) is 2.22. The minimum absolute atomic E-state index is 0.0225. The second-order valence-electron chi connectivity index (χ2n) is 3.26. The molecule has 0 aliphatic carbocycles. The van der Waals surface area contributed by atoms with E-state index in [1.165, 1.54) is 18.0 Å². The van der Waals surface area contributed by atoms with Gasteiger partial charge >= 0.3 is 0 Å². The van der Waals surface area contributed by atoms with Gasteiger partial charge in [-0.05, 0) is 12.1 Å². The van der Waals surface area contributed by atoms with E-state index < -0.39 is 5.82 Å². The molecule has 16 heavy (non-hydrogen) atoms. The Morgan fingerprint density at radius 2 is 2.19 bits per heavy atom. The van der Waals surface area contributed by atoms with Crippen LogP contribution in [0, 0.1) is 5.82 Å². The molecule has 5 nitrogen and oxygen atoms in total. The number of hydrogen-bond donors (Lipinski definition) is 1. The van der Waals surface area contributed by atoms with Crippen molar-refractivity contribution in [1.82, 2.24) is 15.0 Å². The van der Waals surface area contributed by atoms with E-state index in [1.54, 1.807) is 19.3 Å². The fraction of sp³-hybridized carbons (Fsp3) is 0.200. The molecule has 0 spiro atoms. The van der Waals surface area contributed by atoms with E-state index in [2.05, 4.69) is 10.2 Å². The lowest BCUT2D eigenvalue weighted by molar-refractivity contribution is 0.415. The predicted molar refractivity (Wildman–Crippen MR) is 57.4 cm³/mol. The average molecular weight is 222 g/mol. The number of anilines is 1. The lowest BCUT2D eigenvalue weighted by atomic mass is 10.1. The fourth-order valence-electron chi connectivity index (χ4n) is 1.47. The van der Waals surface area contributed by atoms with Crippen molar-refractivity contribution in [3.8, 4) is 17.0 Å². The number of nitrogen functional groups attached to an aromatic ring is 1. The van der Waals surface area contributed by atoms with Crippen LogP contribution in [-0.2, 0) is 7.05 Å². The molecule has 1 aromatic heterocycles. The fourth-order valence-corrected chi connectivity index (χ4v) is 1.47. The van der Waals surface area contributed by atoms with Crippen LogP contribution in [0.4, 0.5) is 10.1 Å². The highest BCUT2D eigenvalue weighted by atomic mass is 19.1. The van der Waals surface area contributed by atoms with Gasteiger partial charge in [-0.15, -0.1) is 0 Å². The summed E-state index contributed by atoms with van der Waals surface area (Å²) in [6.07, 6.45) is 1.56. The molecule has 0 saturated carbocycles. The molecule has 2 N–H and O–H groups in total. The summed E-state index contributed by atoms with van der Waals surface area (Å²) in [5.74, 6) is -0.231. The Morgan fingerprint density at radius 1 is 1.44 bits per heavy atom. The van der Waals surface area contributed by atoms with Crippen molar-refractivity contribution in [3.05, 3.63) is 24.1 Å². The number of benzene rings is 1. The van der Waals surface area contributed by atoms with Crippen molar-refractivity contribution in [1.29, 1.82) is 0 Å². The van der Waals surface area contributed by atoms with Crippen LogP contribution >= 0.6 is 0 Å². The van der Waals surface area contributed by atoms with E-state index in [1.807, 2.05) is 0 Å². The van der Waals surface area contributed by atoms with Gasteiger partial charge in [0.1, 0.15) is 17.2 Å². The number of halogens is 1. The Morgan fingerprint density at radius 3 is 2.75 bits per heavy atom. The number of rotatable bonds is 2. The molecule has 0 atom stereocenters. The summed E-state index contributed by atoms with van der Waals surface area (Å²) >= 11 is 0. The van der Waals surface area contributed by atoms with Crippen LogP contribution in [-0.4, -0.2) is 22.1 Å². The smallest absolute Gasteiger partial charge is 0.154 e. The maximum atomic E-state index is 13.2. The quantitative estimate of drug-likeness (QED) is 0.775. The van der Waals surface area contributed by atoms with Crippen molar-refractivity contribution in [3.63, 3.8) is 0 Å². The normalized spacial score (nSPS) is 10.4. The van der Waals surface area contributed by atoms with Crippen LogP contribution in [0.5, 0.6) is 5.75 Å². The van der Waals surface area contributed by atoms with Crippen molar-refractivity contribution in [2.24, 2.45) is 7.05 Å². The molecule has 0 aliphatic rings. The summed E-state index contributed by atoms with van der Waals surface area (Å²) < 4.78 is 18.3. The molecule has 1 heterocycles. The number of ether oxygens (including phenoxy) is 1. The molecule has 0 unspecified atom stereocenters. The largest absolute Gasteiger partial charge is 0.494 e. The minimum atomic E-state index is -0.510. The zero-order valence-corrected chi connectivity index (χ0v) is 8.94. The number of aromatic nitrogens is 3. The van der Waals surface area contributed by atoms with E-state index in [0.717, 1.165) is 0 Å². The summed E-state index contributed by atoms with van der Waals surface area (Å²) in [7, 11) is 3.13. The molecule has 0 bridgehead atoms. The van der Waals surface area contributed by atoms with Gasteiger partial charge in [-0.25, -0.2) is 4.39 Å².